The van der Waals surface area contributed by atoms with E-state index in [0.717, 1.165) is 37.8 Å². The van der Waals surface area contributed by atoms with Crippen molar-refractivity contribution in [2.45, 2.75) is 31.7 Å². The predicted molar refractivity (Wildman–Crippen MR) is 108 cm³/mol. The fourth-order valence-corrected chi connectivity index (χ4v) is 3.58. The van der Waals surface area contributed by atoms with E-state index in [9.17, 15) is 4.79 Å². The first-order valence-corrected chi connectivity index (χ1v) is 9.54. The molecule has 1 saturated heterocycles. The van der Waals surface area contributed by atoms with Crippen LogP contribution in [0, 0.1) is 0 Å². The second-order valence-electron chi connectivity index (χ2n) is 6.64. The molecule has 0 spiro atoms. The average molecular weight is 389 g/mol. The van der Waals surface area contributed by atoms with Crippen LogP contribution in [0.3, 0.4) is 0 Å². The van der Waals surface area contributed by atoms with E-state index in [1.165, 1.54) is 0 Å². The molecule has 1 N–H and O–H groups in total. The summed E-state index contributed by atoms with van der Waals surface area (Å²) in [6.45, 7) is 0.722. The van der Waals surface area contributed by atoms with Gasteiger partial charge in [0.25, 0.3) is 0 Å². The van der Waals surface area contributed by atoms with Gasteiger partial charge in [-0.2, -0.15) is 0 Å². The lowest BCUT2D eigenvalue weighted by molar-refractivity contribution is 0.189. The van der Waals surface area contributed by atoms with Crippen LogP contribution in [0.1, 0.15) is 37.3 Å². The molecule has 6 heteroatoms. The van der Waals surface area contributed by atoms with E-state index >= 15 is 0 Å². The summed E-state index contributed by atoms with van der Waals surface area (Å²) in [5.74, 6) is 1.27. The number of benzene rings is 2. The zero-order chi connectivity index (χ0) is 19.2. The number of methoxy groups -OCH3 is 2. The van der Waals surface area contributed by atoms with E-state index in [1.54, 1.807) is 32.4 Å². The number of hydrogen-bond acceptors (Lipinski definition) is 3. The summed E-state index contributed by atoms with van der Waals surface area (Å²) in [6.07, 6.45) is 4.17. The molecule has 1 fully saturated rings. The highest BCUT2D eigenvalue weighted by atomic mass is 35.5. The highest BCUT2D eigenvalue weighted by Gasteiger charge is 2.27. The standard InChI is InChI=1S/C21H25ClN2O3/c1-26-18-12-17(13-19(14-18)27-2)23-21(25)24-11-5-3-4-6-20(24)15-7-9-16(22)10-8-15/h7-10,12-14,20H,3-6,11H2,1-2H3,(H,23,25)/t20-/m0/s1. The highest BCUT2D eigenvalue weighted by Crippen LogP contribution is 2.32. The Labute approximate surface area is 165 Å². The first-order chi connectivity index (χ1) is 13.1. The number of likely N-dealkylation sites (tertiary alicyclic amines) is 1. The zero-order valence-corrected chi connectivity index (χ0v) is 16.5. The average Bonchev–Trinajstić information content (AvgIpc) is 2.94. The number of anilines is 1. The fourth-order valence-electron chi connectivity index (χ4n) is 3.46. The van der Waals surface area contributed by atoms with Gasteiger partial charge in [0.1, 0.15) is 11.5 Å². The maximum absolute atomic E-state index is 13.1. The summed E-state index contributed by atoms with van der Waals surface area (Å²) in [5.41, 5.74) is 1.76. The van der Waals surface area contributed by atoms with Crippen LogP contribution in [0.5, 0.6) is 11.5 Å². The predicted octanol–water partition coefficient (Wildman–Crippen LogP) is 5.51. The molecule has 0 aromatic heterocycles. The second kappa shape index (κ2) is 9.00. The molecule has 1 aliphatic rings. The number of ether oxygens (including phenoxy) is 2. The molecule has 2 amide bonds. The normalized spacial score (nSPS) is 17.1. The van der Waals surface area contributed by atoms with Crippen LogP contribution in [-0.2, 0) is 0 Å². The smallest absolute Gasteiger partial charge is 0.322 e. The Morgan fingerprint density at radius 1 is 1.04 bits per heavy atom. The molecule has 2 aromatic carbocycles. The number of rotatable bonds is 4. The minimum Gasteiger partial charge on any atom is -0.497 e. The highest BCUT2D eigenvalue weighted by molar-refractivity contribution is 6.30. The topological polar surface area (TPSA) is 50.8 Å². The lowest BCUT2D eigenvalue weighted by atomic mass is 10.0. The minimum atomic E-state index is -0.118. The van der Waals surface area contributed by atoms with Gasteiger partial charge in [0.2, 0.25) is 0 Å². The van der Waals surface area contributed by atoms with E-state index in [0.29, 0.717) is 22.2 Å². The molecule has 0 unspecified atom stereocenters. The third kappa shape index (κ3) is 4.86. The van der Waals surface area contributed by atoms with Crippen LogP contribution in [0.25, 0.3) is 0 Å². The van der Waals surface area contributed by atoms with Crippen molar-refractivity contribution in [2.24, 2.45) is 0 Å². The van der Waals surface area contributed by atoms with Crippen molar-refractivity contribution in [3.05, 3.63) is 53.1 Å². The molecule has 0 saturated carbocycles. The number of carbonyl (C=O) groups excluding carboxylic acids is 1. The molecular formula is C21H25ClN2O3. The van der Waals surface area contributed by atoms with E-state index in [4.69, 9.17) is 21.1 Å². The van der Waals surface area contributed by atoms with Crippen molar-refractivity contribution in [1.29, 1.82) is 0 Å². The summed E-state index contributed by atoms with van der Waals surface area (Å²) >= 11 is 6.03. The Bertz CT molecular complexity index is 757. The van der Waals surface area contributed by atoms with Crippen molar-refractivity contribution >= 4 is 23.3 Å². The van der Waals surface area contributed by atoms with Gasteiger partial charge in [0.15, 0.2) is 0 Å². The fraction of sp³-hybridized carbons (Fsp3) is 0.381. The Morgan fingerprint density at radius 3 is 2.33 bits per heavy atom. The molecule has 3 rings (SSSR count). The van der Waals surface area contributed by atoms with Gasteiger partial charge in [-0.05, 0) is 30.5 Å². The van der Waals surface area contributed by atoms with Gasteiger partial charge in [0.05, 0.1) is 20.3 Å². The van der Waals surface area contributed by atoms with Crippen molar-refractivity contribution in [1.82, 2.24) is 4.90 Å². The number of amides is 2. The van der Waals surface area contributed by atoms with Crippen LogP contribution in [0.15, 0.2) is 42.5 Å². The summed E-state index contributed by atoms with van der Waals surface area (Å²) < 4.78 is 10.6. The Morgan fingerprint density at radius 2 is 1.70 bits per heavy atom. The Hall–Kier alpha value is -2.40. The number of hydrogen-bond donors (Lipinski definition) is 1. The number of carbonyl (C=O) groups is 1. The van der Waals surface area contributed by atoms with Gasteiger partial charge in [-0.15, -0.1) is 0 Å². The van der Waals surface area contributed by atoms with Crippen LogP contribution >= 0.6 is 11.6 Å². The molecule has 0 radical (unpaired) electrons. The molecule has 27 heavy (non-hydrogen) atoms. The summed E-state index contributed by atoms with van der Waals surface area (Å²) in [6, 6.07) is 13.0. The van der Waals surface area contributed by atoms with E-state index in [2.05, 4.69) is 5.32 Å². The van der Waals surface area contributed by atoms with Crippen LogP contribution in [-0.4, -0.2) is 31.7 Å². The molecule has 2 aromatic rings. The molecule has 1 atom stereocenters. The lowest BCUT2D eigenvalue weighted by Crippen LogP contribution is -2.38. The van der Waals surface area contributed by atoms with Crippen molar-refractivity contribution < 1.29 is 14.3 Å². The maximum atomic E-state index is 13.1. The van der Waals surface area contributed by atoms with Gasteiger partial charge in [-0.1, -0.05) is 36.6 Å². The minimum absolute atomic E-state index is 0.0391. The largest absolute Gasteiger partial charge is 0.497 e. The first kappa shape index (κ1) is 19.4. The van der Waals surface area contributed by atoms with Gasteiger partial charge in [0, 0.05) is 35.5 Å². The molecule has 144 valence electrons. The Kier molecular flexibility index (Phi) is 6.45. The zero-order valence-electron chi connectivity index (χ0n) is 15.7. The van der Waals surface area contributed by atoms with Gasteiger partial charge < -0.3 is 19.7 Å². The number of urea groups is 1. The summed E-state index contributed by atoms with van der Waals surface area (Å²) in [7, 11) is 3.18. The summed E-state index contributed by atoms with van der Waals surface area (Å²) in [5, 5.41) is 3.70. The molecule has 1 heterocycles. The quantitative estimate of drug-likeness (QED) is 0.751. The Balaban J connectivity index is 1.83. The summed E-state index contributed by atoms with van der Waals surface area (Å²) in [4.78, 5) is 15.0. The number of halogens is 1. The van der Waals surface area contributed by atoms with Crippen molar-refractivity contribution in [3.8, 4) is 11.5 Å². The van der Waals surface area contributed by atoms with E-state index < -0.39 is 0 Å². The van der Waals surface area contributed by atoms with Crippen molar-refractivity contribution in [2.75, 3.05) is 26.1 Å². The molecule has 0 aliphatic carbocycles. The first-order valence-electron chi connectivity index (χ1n) is 9.17. The molecule has 1 aliphatic heterocycles. The molecule has 0 bridgehead atoms. The van der Waals surface area contributed by atoms with Gasteiger partial charge in [-0.25, -0.2) is 4.79 Å². The third-order valence-electron chi connectivity index (χ3n) is 4.87. The van der Waals surface area contributed by atoms with Gasteiger partial charge >= 0.3 is 6.03 Å². The number of nitrogens with zero attached hydrogens (tertiary/aromatic N) is 1. The third-order valence-corrected chi connectivity index (χ3v) is 5.12. The second-order valence-corrected chi connectivity index (χ2v) is 7.08. The maximum Gasteiger partial charge on any atom is 0.322 e. The molecular weight excluding hydrogens is 364 g/mol. The van der Waals surface area contributed by atoms with E-state index in [1.807, 2.05) is 29.2 Å². The van der Waals surface area contributed by atoms with Crippen LogP contribution in [0.2, 0.25) is 5.02 Å². The SMILES string of the molecule is COc1cc(NC(=O)N2CCCCC[C@H]2c2ccc(Cl)cc2)cc(OC)c1. The monoisotopic (exact) mass is 388 g/mol. The number of nitrogens with one attached hydrogen (secondary N) is 1. The van der Waals surface area contributed by atoms with Crippen LogP contribution < -0.4 is 14.8 Å². The molecule has 5 nitrogen and oxygen atoms in total. The van der Waals surface area contributed by atoms with Gasteiger partial charge in [-0.3, -0.25) is 0 Å². The van der Waals surface area contributed by atoms with E-state index in [-0.39, 0.29) is 12.1 Å². The van der Waals surface area contributed by atoms with Crippen molar-refractivity contribution in [3.63, 3.8) is 0 Å². The lowest BCUT2D eigenvalue weighted by Gasteiger charge is -2.30. The van der Waals surface area contributed by atoms with Crippen LogP contribution in [0.4, 0.5) is 10.5 Å².